The van der Waals surface area contributed by atoms with Gasteiger partial charge in [-0.25, -0.2) is 0 Å². The van der Waals surface area contributed by atoms with Gasteiger partial charge in [-0.05, 0) is 30.0 Å². The quantitative estimate of drug-likeness (QED) is 0.737. The van der Waals surface area contributed by atoms with Gasteiger partial charge in [0.25, 0.3) is 5.91 Å². The van der Waals surface area contributed by atoms with Crippen molar-refractivity contribution < 1.29 is 9.59 Å². The van der Waals surface area contributed by atoms with Crippen molar-refractivity contribution >= 4 is 22.7 Å². The number of para-hydroxylation sites is 1. The van der Waals surface area contributed by atoms with Gasteiger partial charge in [-0.15, -0.1) is 0 Å². The molecule has 0 spiro atoms. The second kappa shape index (κ2) is 7.50. The highest BCUT2D eigenvalue weighted by Crippen LogP contribution is 2.20. The number of aromatic amines is 1. The first kappa shape index (κ1) is 18.3. The molecule has 1 aliphatic heterocycles. The first-order chi connectivity index (χ1) is 13.5. The number of rotatable bonds is 5. The molecule has 3 heterocycles. The Morgan fingerprint density at radius 3 is 2.89 bits per heavy atom. The van der Waals surface area contributed by atoms with Gasteiger partial charge in [-0.3, -0.25) is 14.3 Å². The second-order valence-electron chi connectivity index (χ2n) is 7.65. The molecule has 7 nitrogen and oxygen atoms in total. The van der Waals surface area contributed by atoms with Crippen LogP contribution in [-0.2, 0) is 18.3 Å². The Morgan fingerprint density at radius 2 is 2.14 bits per heavy atom. The Kier molecular flexibility index (Phi) is 4.90. The minimum atomic E-state index is -0.0173. The number of likely N-dealkylation sites (tertiary alicyclic amines) is 1. The van der Waals surface area contributed by atoms with E-state index in [4.69, 9.17) is 0 Å². The highest BCUT2D eigenvalue weighted by Gasteiger charge is 2.28. The zero-order chi connectivity index (χ0) is 19.7. The Morgan fingerprint density at radius 1 is 1.32 bits per heavy atom. The zero-order valence-corrected chi connectivity index (χ0v) is 16.3. The highest BCUT2D eigenvalue weighted by molar-refractivity contribution is 5.97. The van der Waals surface area contributed by atoms with Gasteiger partial charge in [-0.1, -0.05) is 18.2 Å². The van der Waals surface area contributed by atoms with Crippen LogP contribution >= 0.6 is 0 Å². The Bertz CT molecular complexity index is 972. The molecule has 0 saturated carbocycles. The van der Waals surface area contributed by atoms with Crippen molar-refractivity contribution in [1.82, 2.24) is 24.6 Å². The van der Waals surface area contributed by atoms with E-state index in [0.717, 1.165) is 29.4 Å². The molecule has 1 fully saturated rings. The van der Waals surface area contributed by atoms with E-state index < -0.39 is 0 Å². The predicted octanol–water partition coefficient (Wildman–Crippen LogP) is 2.06. The molecule has 1 unspecified atom stereocenters. The monoisotopic (exact) mass is 379 g/mol. The number of hydrogen-bond donors (Lipinski definition) is 1. The topological polar surface area (TPSA) is 74.2 Å². The van der Waals surface area contributed by atoms with Crippen molar-refractivity contribution in [2.75, 3.05) is 26.7 Å². The van der Waals surface area contributed by atoms with Gasteiger partial charge in [0.05, 0.1) is 12.6 Å². The summed E-state index contributed by atoms with van der Waals surface area (Å²) in [6.45, 7) is 2.09. The van der Waals surface area contributed by atoms with E-state index in [1.807, 2.05) is 55.5 Å². The summed E-state index contributed by atoms with van der Waals surface area (Å²) >= 11 is 0. The van der Waals surface area contributed by atoms with Gasteiger partial charge in [-0.2, -0.15) is 5.10 Å². The third-order valence-corrected chi connectivity index (χ3v) is 5.39. The van der Waals surface area contributed by atoms with Crippen LogP contribution in [0, 0.1) is 5.92 Å². The first-order valence-corrected chi connectivity index (χ1v) is 9.58. The van der Waals surface area contributed by atoms with Crippen LogP contribution in [0.25, 0.3) is 10.9 Å². The number of H-pyrrole nitrogens is 1. The lowest BCUT2D eigenvalue weighted by molar-refractivity contribution is -0.129. The number of fused-ring (bicyclic) bond motifs is 1. The van der Waals surface area contributed by atoms with Crippen molar-refractivity contribution in [2.45, 2.75) is 12.8 Å². The summed E-state index contributed by atoms with van der Waals surface area (Å²) in [4.78, 5) is 32.1. The average molecular weight is 379 g/mol. The Hall–Kier alpha value is -3.09. The van der Waals surface area contributed by atoms with Crippen LogP contribution in [0.3, 0.4) is 0 Å². The van der Waals surface area contributed by atoms with Crippen molar-refractivity contribution in [1.29, 1.82) is 0 Å². The first-order valence-electron chi connectivity index (χ1n) is 9.58. The summed E-state index contributed by atoms with van der Waals surface area (Å²) in [6.07, 6.45) is 4.91. The molecule has 1 aliphatic rings. The van der Waals surface area contributed by atoms with Gasteiger partial charge in [0, 0.05) is 50.8 Å². The molecule has 7 heteroatoms. The summed E-state index contributed by atoms with van der Waals surface area (Å²) < 4.78 is 1.71. The van der Waals surface area contributed by atoms with Gasteiger partial charge >= 0.3 is 0 Å². The standard InChI is InChI=1S/C21H25N5O2/c1-24(21(28)19-10-17-5-3-4-6-18(17)23-19)12-15-7-8-26(14-15)20(27)9-16-11-22-25(2)13-16/h3-6,10-11,13,15,23H,7-9,12,14H2,1-2H3. The number of aryl methyl sites for hydroxylation is 1. The average Bonchev–Trinajstić information content (AvgIpc) is 3.40. The van der Waals surface area contributed by atoms with Crippen LogP contribution in [0.5, 0.6) is 0 Å². The molecule has 0 bridgehead atoms. The van der Waals surface area contributed by atoms with E-state index >= 15 is 0 Å². The molecule has 1 aromatic carbocycles. The number of carbonyl (C=O) groups is 2. The van der Waals surface area contributed by atoms with Crippen LogP contribution in [0.2, 0.25) is 0 Å². The number of benzene rings is 1. The summed E-state index contributed by atoms with van der Waals surface area (Å²) in [5, 5.41) is 5.15. The lowest BCUT2D eigenvalue weighted by Crippen LogP contribution is -2.35. The van der Waals surface area contributed by atoms with Crippen molar-refractivity contribution in [3.63, 3.8) is 0 Å². The van der Waals surface area contributed by atoms with Crippen molar-refractivity contribution in [3.8, 4) is 0 Å². The molecular weight excluding hydrogens is 354 g/mol. The fraction of sp³-hybridized carbons (Fsp3) is 0.381. The van der Waals surface area contributed by atoms with Gasteiger partial charge in [0.2, 0.25) is 5.91 Å². The largest absolute Gasteiger partial charge is 0.351 e. The van der Waals surface area contributed by atoms with Gasteiger partial charge in [0.1, 0.15) is 5.69 Å². The van der Waals surface area contributed by atoms with E-state index in [9.17, 15) is 9.59 Å². The number of aromatic nitrogens is 3. The highest BCUT2D eigenvalue weighted by atomic mass is 16.2. The number of nitrogens with one attached hydrogen (secondary N) is 1. The van der Waals surface area contributed by atoms with E-state index in [1.165, 1.54) is 0 Å². The van der Waals surface area contributed by atoms with E-state index in [-0.39, 0.29) is 11.8 Å². The van der Waals surface area contributed by atoms with Gasteiger partial charge in [0.15, 0.2) is 0 Å². The van der Waals surface area contributed by atoms with Crippen LogP contribution in [0.1, 0.15) is 22.5 Å². The number of nitrogens with zero attached hydrogens (tertiary/aromatic N) is 4. The molecule has 2 aromatic heterocycles. The molecule has 3 aromatic rings. The van der Waals surface area contributed by atoms with E-state index in [0.29, 0.717) is 31.1 Å². The maximum Gasteiger partial charge on any atom is 0.270 e. The minimum absolute atomic E-state index is 0.0173. The summed E-state index contributed by atoms with van der Waals surface area (Å²) in [6, 6.07) is 9.77. The molecule has 28 heavy (non-hydrogen) atoms. The number of amides is 2. The zero-order valence-electron chi connectivity index (χ0n) is 16.3. The van der Waals surface area contributed by atoms with Crippen molar-refractivity contribution in [2.24, 2.45) is 13.0 Å². The predicted molar refractivity (Wildman–Crippen MR) is 107 cm³/mol. The molecule has 1 N–H and O–H groups in total. The maximum atomic E-state index is 12.8. The summed E-state index contributed by atoms with van der Waals surface area (Å²) in [5.74, 6) is 0.410. The molecule has 0 aliphatic carbocycles. The van der Waals surface area contributed by atoms with Crippen molar-refractivity contribution in [3.05, 3.63) is 54.0 Å². The lowest BCUT2D eigenvalue weighted by Gasteiger charge is -2.21. The van der Waals surface area contributed by atoms with Gasteiger partial charge < -0.3 is 14.8 Å². The third-order valence-electron chi connectivity index (χ3n) is 5.39. The fourth-order valence-corrected chi connectivity index (χ4v) is 3.92. The maximum absolute atomic E-state index is 12.8. The Balaban J connectivity index is 1.33. The fourth-order valence-electron chi connectivity index (χ4n) is 3.92. The molecule has 0 radical (unpaired) electrons. The van der Waals surface area contributed by atoms with Crippen LogP contribution in [0.15, 0.2) is 42.7 Å². The number of hydrogen-bond acceptors (Lipinski definition) is 3. The number of carbonyl (C=O) groups excluding carboxylic acids is 2. The molecule has 2 amide bonds. The molecular formula is C21H25N5O2. The minimum Gasteiger partial charge on any atom is -0.351 e. The Labute approximate surface area is 163 Å². The van der Waals surface area contributed by atoms with E-state index in [1.54, 1.807) is 15.8 Å². The molecule has 4 rings (SSSR count). The SMILES string of the molecule is CN(CC1CCN(C(=O)Cc2cnn(C)c2)C1)C(=O)c1cc2ccccc2[nH]1. The molecule has 146 valence electrons. The summed E-state index contributed by atoms with van der Waals surface area (Å²) in [7, 11) is 3.67. The summed E-state index contributed by atoms with van der Waals surface area (Å²) in [5.41, 5.74) is 2.50. The van der Waals surface area contributed by atoms with Crippen LogP contribution < -0.4 is 0 Å². The van der Waals surface area contributed by atoms with E-state index in [2.05, 4.69) is 10.1 Å². The molecule has 1 atom stereocenters. The third kappa shape index (κ3) is 3.78. The smallest absolute Gasteiger partial charge is 0.270 e. The van der Waals surface area contributed by atoms with Crippen LogP contribution in [-0.4, -0.2) is 63.1 Å². The lowest BCUT2D eigenvalue weighted by atomic mass is 10.1. The second-order valence-corrected chi connectivity index (χ2v) is 7.65. The van der Waals surface area contributed by atoms with Crippen LogP contribution in [0.4, 0.5) is 0 Å². The normalized spacial score (nSPS) is 16.6. The molecule has 1 saturated heterocycles.